The number of carbonyl (C=O) groups is 1. The smallest absolute Gasteiger partial charge is 0.291 e. The largest absolute Gasteiger partial charge is 0.459 e. The minimum Gasteiger partial charge on any atom is -0.459 e. The van der Waals surface area contributed by atoms with Gasteiger partial charge in [-0.15, -0.1) is 0 Å². The first-order valence-corrected chi connectivity index (χ1v) is 5.42. The van der Waals surface area contributed by atoms with Crippen LogP contribution in [0.15, 0.2) is 47.1 Å². The first-order valence-electron chi connectivity index (χ1n) is 5.42. The molecule has 88 valence electrons. The summed E-state index contributed by atoms with van der Waals surface area (Å²) in [5.74, 6) is 0.0762. The molecule has 0 unspecified atom stereocenters. The predicted octanol–water partition coefficient (Wildman–Crippen LogP) is 1.31. The molecule has 1 aromatic carbocycles. The lowest BCUT2D eigenvalue weighted by molar-refractivity contribution is -0.786. The van der Waals surface area contributed by atoms with E-state index >= 15 is 0 Å². The van der Waals surface area contributed by atoms with Crippen molar-refractivity contribution in [3.05, 3.63) is 48.4 Å². The Kier molecular flexibility index (Phi) is 3.25. The van der Waals surface area contributed by atoms with Crippen molar-refractivity contribution in [1.29, 1.82) is 0 Å². The molecule has 4 nitrogen and oxygen atoms in total. The first-order chi connectivity index (χ1) is 8.16. The minimum absolute atomic E-state index is 0.236. The summed E-state index contributed by atoms with van der Waals surface area (Å²) in [6, 6.07) is 11.0. The number of amides is 1. The highest BCUT2D eigenvalue weighted by molar-refractivity contribution is 6.02. The number of quaternary nitrogens is 1. The summed E-state index contributed by atoms with van der Waals surface area (Å²) in [4.78, 5) is 12.9. The van der Waals surface area contributed by atoms with E-state index in [0.717, 1.165) is 5.69 Å². The summed E-state index contributed by atoms with van der Waals surface area (Å²) in [5, 5.41) is 2.77. The van der Waals surface area contributed by atoms with Gasteiger partial charge in [0.15, 0.2) is 5.76 Å². The van der Waals surface area contributed by atoms with Gasteiger partial charge in [-0.1, -0.05) is 0 Å². The normalized spacial score (nSPS) is 10.5. The van der Waals surface area contributed by atoms with E-state index in [9.17, 15) is 4.79 Å². The summed E-state index contributed by atoms with van der Waals surface area (Å²) in [5.41, 5.74) is 1.93. The first kappa shape index (κ1) is 11.4. The van der Waals surface area contributed by atoms with Crippen LogP contribution in [0.1, 0.15) is 10.6 Å². The lowest BCUT2D eigenvalue weighted by Gasteiger charge is -2.07. The topological polar surface area (TPSA) is 46.7 Å². The second-order valence-corrected chi connectivity index (χ2v) is 4.01. The summed E-state index contributed by atoms with van der Waals surface area (Å²) in [6.45, 7) is 0. The van der Waals surface area contributed by atoms with Gasteiger partial charge in [0.1, 0.15) is 5.69 Å². The molecule has 4 heteroatoms. The second-order valence-electron chi connectivity index (χ2n) is 4.01. The van der Waals surface area contributed by atoms with Crippen molar-refractivity contribution in [3.8, 4) is 0 Å². The monoisotopic (exact) mass is 231 g/mol. The van der Waals surface area contributed by atoms with Crippen LogP contribution in [-0.2, 0) is 0 Å². The van der Waals surface area contributed by atoms with E-state index in [1.807, 2.05) is 24.3 Å². The summed E-state index contributed by atoms with van der Waals surface area (Å²) < 4.78 is 5.01. The fraction of sp³-hybridized carbons (Fsp3) is 0.154. The molecule has 2 rings (SSSR count). The molecule has 2 aromatic rings. The molecule has 1 heterocycles. The van der Waals surface area contributed by atoms with Crippen LogP contribution in [0.3, 0.4) is 0 Å². The number of furan rings is 1. The highest BCUT2D eigenvalue weighted by atomic mass is 16.3. The molecule has 0 atom stereocenters. The van der Waals surface area contributed by atoms with Crippen LogP contribution in [0.4, 0.5) is 11.4 Å². The lowest BCUT2D eigenvalue weighted by atomic mass is 10.2. The number of carbonyl (C=O) groups excluding carboxylic acids is 1. The van der Waals surface area contributed by atoms with E-state index in [1.54, 1.807) is 12.1 Å². The Bertz CT molecular complexity index is 487. The van der Waals surface area contributed by atoms with E-state index in [-0.39, 0.29) is 5.91 Å². The Morgan fingerprint density at radius 3 is 2.41 bits per heavy atom. The predicted molar refractivity (Wildman–Crippen MR) is 65.6 cm³/mol. The van der Waals surface area contributed by atoms with E-state index in [1.165, 1.54) is 16.9 Å². The number of anilines is 1. The van der Waals surface area contributed by atoms with Gasteiger partial charge in [-0.3, -0.25) is 4.79 Å². The number of hydrogen-bond acceptors (Lipinski definition) is 2. The average Bonchev–Trinajstić information content (AvgIpc) is 2.83. The third-order valence-corrected chi connectivity index (χ3v) is 2.47. The van der Waals surface area contributed by atoms with Gasteiger partial charge >= 0.3 is 0 Å². The zero-order valence-electron chi connectivity index (χ0n) is 9.86. The van der Waals surface area contributed by atoms with Crippen LogP contribution in [0, 0.1) is 0 Å². The number of rotatable bonds is 3. The molecule has 0 aliphatic rings. The standard InChI is InChI=1S/C13H14N2O2/c1-15(2)11-7-5-10(6-8-11)14-13(16)12-4-3-9-17-12/h3-9H,1-2H3,(H,14,16)/p+1. The van der Waals surface area contributed by atoms with Gasteiger partial charge in [0.25, 0.3) is 5.91 Å². The molecule has 2 N–H and O–H groups in total. The van der Waals surface area contributed by atoms with Crippen molar-refractivity contribution in [3.63, 3.8) is 0 Å². The molecule has 0 fully saturated rings. The average molecular weight is 231 g/mol. The number of hydrogen-bond donors (Lipinski definition) is 2. The van der Waals surface area contributed by atoms with Gasteiger partial charge in [-0.25, -0.2) is 0 Å². The van der Waals surface area contributed by atoms with Crippen molar-refractivity contribution in [2.75, 3.05) is 19.4 Å². The molecule has 1 amide bonds. The van der Waals surface area contributed by atoms with E-state index in [2.05, 4.69) is 19.4 Å². The second kappa shape index (κ2) is 4.84. The Hall–Kier alpha value is -2.07. The lowest BCUT2D eigenvalue weighted by Crippen LogP contribution is -3.00. The molecule has 0 aliphatic heterocycles. The van der Waals surface area contributed by atoms with E-state index < -0.39 is 0 Å². The molecule has 0 radical (unpaired) electrons. The highest BCUT2D eigenvalue weighted by Gasteiger charge is 2.08. The van der Waals surface area contributed by atoms with E-state index in [4.69, 9.17) is 4.42 Å². The molecular weight excluding hydrogens is 216 g/mol. The van der Waals surface area contributed by atoms with Gasteiger partial charge in [0, 0.05) is 17.8 Å². The zero-order chi connectivity index (χ0) is 12.3. The molecule has 0 bridgehead atoms. The van der Waals surface area contributed by atoms with Crippen molar-refractivity contribution in [1.82, 2.24) is 0 Å². The fourth-order valence-corrected chi connectivity index (χ4v) is 1.49. The van der Waals surface area contributed by atoms with Gasteiger partial charge in [-0.2, -0.15) is 0 Å². The van der Waals surface area contributed by atoms with Gasteiger partial charge in [0.2, 0.25) is 0 Å². The van der Waals surface area contributed by atoms with Gasteiger partial charge in [-0.05, 0) is 24.3 Å². The molecule has 0 spiro atoms. The van der Waals surface area contributed by atoms with Crippen LogP contribution < -0.4 is 10.2 Å². The molecule has 17 heavy (non-hydrogen) atoms. The van der Waals surface area contributed by atoms with Crippen molar-refractivity contribution >= 4 is 17.3 Å². The molecule has 0 saturated carbocycles. The summed E-state index contributed by atoms with van der Waals surface area (Å²) in [7, 11) is 4.10. The Morgan fingerprint density at radius 1 is 1.18 bits per heavy atom. The van der Waals surface area contributed by atoms with Crippen molar-refractivity contribution in [2.24, 2.45) is 0 Å². The molecule has 1 aromatic heterocycles. The van der Waals surface area contributed by atoms with Crippen LogP contribution in [0.2, 0.25) is 0 Å². The molecular formula is C13H15N2O2+. The Balaban J connectivity index is 2.07. The minimum atomic E-state index is -0.236. The molecule has 0 aliphatic carbocycles. The molecule has 0 saturated heterocycles. The summed E-state index contributed by atoms with van der Waals surface area (Å²) >= 11 is 0. The Morgan fingerprint density at radius 2 is 1.88 bits per heavy atom. The van der Waals surface area contributed by atoms with Gasteiger partial charge < -0.3 is 14.6 Å². The number of benzene rings is 1. The SMILES string of the molecule is C[NH+](C)c1ccc(NC(=O)c2ccco2)cc1. The van der Waals surface area contributed by atoms with Crippen molar-refractivity contribution in [2.45, 2.75) is 0 Å². The Labute approximate surface area is 99.8 Å². The van der Waals surface area contributed by atoms with Crippen LogP contribution >= 0.6 is 0 Å². The highest BCUT2D eigenvalue weighted by Crippen LogP contribution is 2.12. The zero-order valence-corrected chi connectivity index (χ0v) is 9.86. The maximum Gasteiger partial charge on any atom is 0.291 e. The quantitative estimate of drug-likeness (QED) is 0.836. The van der Waals surface area contributed by atoms with E-state index in [0.29, 0.717) is 5.76 Å². The summed E-state index contributed by atoms with van der Waals surface area (Å²) in [6.07, 6.45) is 1.48. The van der Waals surface area contributed by atoms with Crippen molar-refractivity contribution < 1.29 is 14.1 Å². The van der Waals surface area contributed by atoms with Crippen LogP contribution in [0.5, 0.6) is 0 Å². The van der Waals surface area contributed by atoms with Crippen LogP contribution in [-0.4, -0.2) is 20.0 Å². The third kappa shape index (κ3) is 2.73. The fourth-order valence-electron chi connectivity index (χ4n) is 1.49. The maximum atomic E-state index is 11.7. The maximum absolute atomic E-state index is 11.7. The number of nitrogens with one attached hydrogen (secondary N) is 2. The third-order valence-electron chi connectivity index (χ3n) is 2.47. The van der Waals surface area contributed by atoms with Crippen LogP contribution in [0.25, 0.3) is 0 Å². The van der Waals surface area contributed by atoms with Gasteiger partial charge in [0.05, 0.1) is 20.4 Å².